The molecule has 1 N–H and O–H groups in total. The van der Waals surface area contributed by atoms with Crippen LogP contribution < -0.4 is 5.32 Å². The van der Waals surface area contributed by atoms with Gasteiger partial charge >= 0.3 is 0 Å². The van der Waals surface area contributed by atoms with Crippen LogP contribution in [0.2, 0.25) is 0 Å². The normalized spacial score (nSPS) is 12.2. The highest BCUT2D eigenvalue weighted by Crippen LogP contribution is 2.45. The Hall–Kier alpha value is -2.76. The molecule has 5 rings (SSSR count). The second-order valence-electron chi connectivity index (χ2n) is 6.60. The van der Waals surface area contributed by atoms with Gasteiger partial charge in [-0.2, -0.15) is 0 Å². The van der Waals surface area contributed by atoms with Crippen LogP contribution in [0.3, 0.4) is 0 Å². The number of halogens is 2. The Morgan fingerprint density at radius 1 is 0.586 bits per heavy atom. The molecule has 4 aromatic rings. The summed E-state index contributed by atoms with van der Waals surface area (Å²) in [6, 6.07) is 27.7. The summed E-state index contributed by atoms with van der Waals surface area (Å²) in [6.45, 7) is 0. The van der Waals surface area contributed by atoms with Gasteiger partial charge in [0.05, 0.1) is 22.3 Å². The van der Waals surface area contributed by atoms with Crippen LogP contribution in [0.4, 0.5) is 20.2 Å². The number of para-hydroxylation sites is 1. The summed E-state index contributed by atoms with van der Waals surface area (Å²) in [7, 11) is -0.470. The molecule has 0 spiro atoms. The van der Waals surface area contributed by atoms with Crippen molar-refractivity contribution in [3.8, 4) is 0 Å². The predicted molar refractivity (Wildman–Crippen MR) is 115 cm³/mol. The molecule has 0 aromatic heterocycles. The first kappa shape index (κ1) is 18.3. The summed E-state index contributed by atoms with van der Waals surface area (Å²) < 4.78 is 27.0. The number of rotatable bonds is 3. The molecule has 0 saturated carbocycles. The van der Waals surface area contributed by atoms with E-state index in [1.807, 2.05) is 12.1 Å². The van der Waals surface area contributed by atoms with Gasteiger partial charge < -0.3 is 5.32 Å². The fourth-order valence-electron chi connectivity index (χ4n) is 3.29. The van der Waals surface area contributed by atoms with Crippen molar-refractivity contribution in [1.82, 2.24) is 0 Å². The van der Waals surface area contributed by atoms with Crippen molar-refractivity contribution in [3.05, 3.63) is 103 Å². The molecule has 0 unspecified atom stereocenters. The molecule has 0 fully saturated rings. The summed E-state index contributed by atoms with van der Waals surface area (Å²) in [5, 5.41) is 3.52. The Labute approximate surface area is 175 Å². The van der Waals surface area contributed by atoms with Crippen molar-refractivity contribution in [1.29, 1.82) is 0 Å². The lowest BCUT2D eigenvalue weighted by atomic mass is 10.2. The quantitative estimate of drug-likeness (QED) is 0.308. The number of fused-ring (bicyclic) bond motifs is 2. The molecule has 0 atom stereocenters. The molecule has 0 bridgehead atoms. The van der Waals surface area contributed by atoms with Gasteiger partial charge in [0.1, 0.15) is 11.6 Å². The number of hydrogen-bond acceptors (Lipinski definition) is 2. The van der Waals surface area contributed by atoms with Gasteiger partial charge in [0, 0.05) is 15.9 Å². The minimum atomic E-state index is -0.470. The summed E-state index contributed by atoms with van der Waals surface area (Å²) in [5.41, 5.74) is 2.14. The van der Waals surface area contributed by atoms with Crippen LogP contribution >= 0.6 is 11.8 Å². The SMILES string of the molecule is Fc1ccc([S+](c2ccc(F)cc2)c2ccc3c(c2)Nc2ccccc2S3)cc1. The van der Waals surface area contributed by atoms with Gasteiger partial charge in [-0.15, -0.1) is 0 Å². The Balaban J connectivity index is 1.60. The van der Waals surface area contributed by atoms with Crippen LogP contribution in [0.25, 0.3) is 0 Å². The van der Waals surface area contributed by atoms with E-state index in [4.69, 9.17) is 0 Å². The van der Waals surface area contributed by atoms with Crippen molar-refractivity contribution in [2.45, 2.75) is 24.5 Å². The van der Waals surface area contributed by atoms with Gasteiger partial charge in [0.15, 0.2) is 14.7 Å². The minimum Gasteiger partial charge on any atom is -0.354 e. The van der Waals surface area contributed by atoms with Crippen molar-refractivity contribution < 1.29 is 8.78 Å². The zero-order valence-electron chi connectivity index (χ0n) is 15.2. The summed E-state index contributed by atoms with van der Waals surface area (Å²) in [4.78, 5) is 5.43. The van der Waals surface area contributed by atoms with E-state index in [1.54, 1.807) is 36.0 Å². The molecule has 142 valence electrons. The molecule has 1 aliphatic heterocycles. The molecule has 1 heterocycles. The molecule has 0 radical (unpaired) electrons. The number of nitrogens with one attached hydrogen (secondary N) is 1. The van der Waals surface area contributed by atoms with Crippen molar-refractivity contribution in [2.75, 3.05) is 5.32 Å². The molecule has 1 aliphatic rings. The molecule has 0 saturated heterocycles. The highest BCUT2D eigenvalue weighted by molar-refractivity contribution is 7.99. The average Bonchev–Trinajstić information content (AvgIpc) is 2.75. The lowest BCUT2D eigenvalue weighted by Crippen LogP contribution is -2.07. The second kappa shape index (κ2) is 7.58. The van der Waals surface area contributed by atoms with E-state index in [0.29, 0.717) is 0 Å². The highest BCUT2D eigenvalue weighted by atomic mass is 32.2. The van der Waals surface area contributed by atoms with Gasteiger partial charge in [-0.05, 0) is 72.8 Å². The minimum absolute atomic E-state index is 0.267. The molecule has 0 aliphatic carbocycles. The topological polar surface area (TPSA) is 12.0 Å². The van der Waals surface area contributed by atoms with E-state index in [0.717, 1.165) is 31.0 Å². The fourth-order valence-corrected chi connectivity index (χ4v) is 6.34. The standard InChI is InChI=1S/C24H16F2NS2/c25-16-5-9-18(10-6-16)29(19-11-7-17(26)8-12-19)20-13-14-24-22(15-20)27-21-3-1-2-4-23(21)28-24/h1-15,27H/q+1. The lowest BCUT2D eigenvalue weighted by Gasteiger charge is -2.21. The van der Waals surface area contributed by atoms with Crippen LogP contribution in [0.5, 0.6) is 0 Å². The maximum Gasteiger partial charge on any atom is 0.168 e. The van der Waals surface area contributed by atoms with E-state index in [9.17, 15) is 8.78 Å². The maximum absolute atomic E-state index is 13.5. The Morgan fingerprint density at radius 3 is 1.79 bits per heavy atom. The summed E-state index contributed by atoms with van der Waals surface area (Å²) >= 11 is 1.74. The third-order valence-corrected chi connectivity index (χ3v) is 8.03. The molecule has 5 heteroatoms. The van der Waals surface area contributed by atoms with Crippen molar-refractivity contribution >= 4 is 34.0 Å². The molecule has 1 nitrogen and oxygen atoms in total. The first-order valence-electron chi connectivity index (χ1n) is 9.11. The van der Waals surface area contributed by atoms with Crippen LogP contribution in [0, 0.1) is 11.6 Å². The second-order valence-corrected chi connectivity index (χ2v) is 9.71. The zero-order chi connectivity index (χ0) is 19.8. The highest BCUT2D eigenvalue weighted by Gasteiger charge is 2.30. The van der Waals surface area contributed by atoms with Gasteiger partial charge in [-0.1, -0.05) is 23.9 Å². The Kier molecular flexibility index (Phi) is 4.78. The van der Waals surface area contributed by atoms with E-state index in [1.165, 1.54) is 29.2 Å². The monoisotopic (exact) mass is 420 g/mol. The third-order valence-electron chi connectivity index (χ3n) is 4.66. The Bertz CT molecular complexity index is 1130. The third kappa shape index (κ3) is 3.63. The van der Waals surface area contributed by atoms with Crippen molar-refractivity contribution in [2.24, 2.45) is 0 Å². The molecule has 0 amide bonds. The van der Waals surface area contributed by atoms with Crippen molar-refractivity contribution in [3.63, 3.8) is 0 Å². The summed E-state index contributed by atoms with van der Waals surface area (Å²) in [5.74, 6) is -0.534. The lowest BCUT2D eigenvalue weighted by molar-refractivity contribution is 0.626. The van der Waals surface area contributed by atoms with Gasteiger partial charge in [0.25, 0.3) is 0 Å². The number of benzene rings is 4. The Morgan fingerprint density at radius 2 is 1.14 bits per heavy atom. The van der Waals surface area contributed by atoms with Crippen LogP contribution in [-0.4, -0.2) is 0 Å². The molecule has 29 heavy (non-hydrogen) atoms. The molecular formula is C24H16F2NS2+. The molecular weight excluding hydrogens is 404 g/mol. The van der Waals surface area contributed by atoms with E-state index < -0.39 is 10.9 Å². The largest absolute Gasteiger partial charge is 0.354 e. The fraction of sp³-hybridized carbons (Fsp3) is 0. The average molecular weight is 421 g/mol. The van der Waals surface area contributed by atoms with Gasteiger partial charge in [-0.3, -0.25) is 0 Å². The predicted octanol–water partition coefficient (Wildman–Crippen LogP) is 7.27. The zero-order valence-corrected chi connectivity index (χ0v) is 16.9. The smallest absolute Gasteiger partial charge is 0.168 e. The van der Waals surface area contributed by atoms with Crippen LogP contribution in [0.15, 0.2) is 115 Å². The van der Waals surface area contributed by atoms with Gasteiger partial charge in [-0.25, -0.2) is 8.78 Å². The van der Waals surface area contributed by atoms with Crippen LogP contribution in [-0.2, 0) is 10.9 Å². The maximum atomic E-state index is 13.5. The van der Waals surface area contributed by atoms with E-state index in [2.05, 4.69) is 35.6 Å². The first-order valence-corrected chi connectivity index (χ1v) is 11.1. The first-order chi connectivity index (χ1) is 14.2. The molecule has 4 aromatic carbocycles. The van der Waals surface area contributed by atoms with E-state index >= 15 is 0 Å². The number of hydrogen-bond donors (Lipinski definition) is 1. The van der Waals surface area contributed by atoms with Gasteiger partial charge in [0.2, 0.25) is 0 Å². The summed E-state index contributed by atoms with van der Waals surface area (Å²) in [6.07, 6.45) is 0. The van der Waals surface area contributed by atoms with Crippen LogP contribution in [0.1, 0.15) is 0 Å². The number of anilines is 2. The van der Waals surface area contributed by atoms with E-state index in [-0.39, 0.29) is 11.6 Å².